The predicted octanol–water partition coefficient (Wildman–Crippen LogP) is -1.19. The minimum atomic E-state index is -0.706. The second kappa shape index (κ2) is 5.41. The van der Waals surface area contributed by atoms with Gasteiger partial charge in [0, 0.05) is 6.42 Å². The van der Waals surface area contributed by atoms with Crippen LogP contribution in [0.4, 0.5) is 0 Å². The van der Waals surface area contributed by atoms with E-state index in [-0.39, 0.29) is 12.3 Å². The van der Waals surface area contributed by atoms with Crippen LogP contribution in [0, 0.1) is 0 Å². The maximum absolute atomic E-state index is 11.5. The zero-order valence-electron chi connectivity index (χ0n) is 8.86. The molecule has 16 heavy (non-hydrogen) atoms. The Balaban J connectivity index is 2.47. The summed E-state index contributed by atoms with van der Waals surface area (Å²) in [4.78, 5) is 33.7. The highest BCUT2D eigenvalue weighted by Crippen LogP contribution is 2.04. The Kier molecular flexibility index (Phi) is 4.19. The Labute approximate surface area is 93.3 Å². The highest BCUT2D eigenvalue weighted by atomic mass is 16.2. The minimum Gasteiger partial charge on any atom is -0.343 e. The monoisotopic (exact) mass is 225 g/mol. The molecule has 4 N–H and O–H groups in total. The van der Waals surface area contributed by atoms with E-state index in [4.69, 9.17) is 5.73 Å². The number of carbonyl (C=O) groups excluding carboxylic acids is 3. The van der Waals surface area contributed by atoms with Crippen LogP contribution in [0.3, 0.4) is 0 Å². The third kappa shape index (κ3) is 3.16. The largest absolute Gasteiger partial charge is 0.343 e. The van der Waals surface area contributed by atoms with Gasteiger partial charge in [0.25, 0.3) is 0 Å². The van der Waals surface area contributed by atoms with E-state index < -0.39 is 23.9 Å². The van der Waals surface area contributed by atoms with E-state index in [1.165, 1.54) is 6.08 Å². The van der Waals surface area contributed by atoms with Gasteiger partial charge in [-0.05, 0) is 12.8 Å². The molecule has 1 saturated heterocycles. The average molecular weight is 225 g/mol. The van der Waals surface area contributed by atoms with E-state index >= 15 is 0 Å². The Morgan fingerprint density at radius 3 is 2.94 bits per heavy atom. The molecule has 1 rings (SSSR count). The molecule has 1 heterocycles. The summed E-state index contributed by atoms with van der Waals surface area (Å²) in [5.41, 5.74) is 5.54. The molecule has 0 radical (unpaired) electrons. The Morgan fingerprint density at radius 2 is 2.38 bits per heavy atom. The van der Waals surface area contributed by atoms with Gasteiger partial charge >= 0.3 is 0 Å². The summed E-state index contributed by atoms with van der Waals surface area (Å²) in [7, 11) is 0. The lowest BCUT2D eigenvalue weighted by Crippen LogP contribution is -2.55. The van der Waals surface area contributed by atoms with Crippen LogP contribution in [-0.2, 0) is 14.4 Å². The number of hydrogen-bond donors (Lipinski definition) is 3. The number of rotatable bonds is 4. The lowest BCUT2D eigenvalue weighted by atomic mass is 10.1. The summed E-state index contributed by atoms with van der Waals surface area (Å²) in [6.07, 6.45) is 2.43. The molecule has 6 heteroatoms. The van der Waals surface area contributed by atoms with Crippen LogP contribution in [0.25, 0.3) is 0 Å². The maximum Gasteiger partial charge on any atom is 0.249 e. The first-order valence-electron chi connectivity index (χ1n) is 5.05. The van der Waals surface area contributed by atoms with Gasteiger partial charge in [-0.15, -0.1) is 6.58 Å². The zero-order chi connectivity index (χ0) is 12.1. The zero-order valence-corrected chi connectivity index (χ0v) is 8.86. The van der Waals surface area contributed by atoms with Crippen molar-refractivity contribution in [3.8, 4) is 0 Å². The van der Waals surface area contributed by atoms with E-state index in [0.29, 0.717) is 12.8 Å². The molecule has 2 unspecified atom stereocenters. The van der Waals surface area contributed by atoms with E-state index in [1.54, 1.807) is 0 Å². The number of nitrogens with one attached hydrogen (secondary N) is 2. The van der Waals surface area contributed by atoms with Gasteiger partial charge in [-0.2, -0.15) is 0 Å². The van der Waals surface area contributed by atoms with Crippen molar-refractivity contribution in [3.05, 3.63) is 12.7 Å². The molecule has 2 atom stereocenters. The summed E-state index contributed by atoms with van der Waals surface area (Å²) < 4.78 is 0. The SMILES string of the molecule is C=CCC(N)C(=O)NC1CCC(=O)NC1=O. The highest BCUT2D eigenvalue weighted by Gasteiger charge is 2.28. The van der Waals surface area contributed by atoms with Crippen LogP contribution < -0.4 is 16.4 Å². The quantitative estimate of drug-likeness (QED) is 0.413. The van der Waals surface area contributed by atoms with Crippen LogP contribution in [-0.4, -0.2) is 29.8 Å². The van der Waals surface area contributed by atoms with Gasteiger partial charge in [0.15, 0.2) is 0 Å². The van der Waals surface area contributed by atoms with Gasteiger partial charge in [0.2, 0.25) is 17.7 Å². The van der Waals surface area contributed by atoms with Crippen molar-refractivity contribution in [3.63, 3.8) is 0 Å². The predicted molar refractivity (Wildman–Crippen MR) is 57.1 cm³/mol. The third-order valence-corrected chi connectivity index (χ3v) is 2.31. The van der Waals surface area contributed by atoms with Crippen LogP contribution in [0.1, 0.15) is 19.3 Å². The third-order valence-electron chi connectivity index (χ3n) is 2.31. The topological polar surface area (TPSA) is 101 Å². The molecular weight excluding hydrogens is 210 g/mol. The van der Waals surface area contributed by atoms with Crippen LogP contribution in [0.5, 0.6) is 0 Å². The van der Waals surface area contributed by atoms with Crippen LogP contribution in [0.15, 0.2) is 12.7 Å². The molecule has 1 aliphatic rings. The molecule has 0 aromatic heterocycles. The summed E-state index contributed by atoms with van der Waals surface area (Å²) in [5, 5.41) is 4.65. The van der Waals surface area contributed by atoms with Crippen molar-refractivity contribution < 1.29 is 14.4 Å². The number of amides is 3. The summed E-state index contributed by atoms with van der Waals surface area (Å²) >= 11 is 0. The fourth-order valence-electron chi connectivity index (χ4n) is 1.40. The van der Waals surface area contributed by atoms with Gasteiger partial charge < -0.3 is 11.1 Å². The van der Waals surface area contributed by atoms with E-state index in [2.05, 4.69) is 17.2 Å². The van der Waals surface area contributed by atoms with Crippen molar-refractivity contribution in [2.24, 2.45) is 5.73 Å². The number of imide groups is 1. The van der Waals surface area contributed by atoms with Gasteiger partial charge in [0.05, 0.1) is 6.04 Å². The number of nitrogens with two attached hydrogens (primary N) is 1. The molecule has 88 valence electrons. The van der Waals surface area contributed by atoms with Gasteiger partial charge in [0.1, 0.15) is 6.04 Å². The molecule has 0 aliphatic carbocycles. The summed E-state index contributed by atoms with van der Waals surface area (Å²) in [5.74, 6) is -1.20. The molecule has 1 fully saturated rings. The van der Waals surface area contributed by atoms with E-state index in [9.17, 15) is 14.4 Å². The molecular formula is C10H15N3O3. The standard InChI is InChI=1S/C10H15N3O3/c1-2-3-6(11)9(15)12-7-4-5-8(14)13-10(7)16/h2,6-7H,1,3-5,11H2,(H,12,15)(H,13,14,16). The first-order chi connectivity index (χ1) is 7.54. The summed E-state index contributed by atoms with van der Waals surface area (Å²) in [6.45, 7) is 3.47. The molecule has 6 nitrogen and oxygen atoms in total. The van der Waals surface area contributed by atoms with Crippen molar-refractivity contribution in [2.75, 3.05) is 0 Å². The maximum atomic E-state index is 11.5. The number of piperidine rings is 1. The van der Waals surface area contributed by atoms with Gasteiger partial charge in [-0.25, -0.2) is 0 Å². The smallest absolute Gasteiger partial charge is 0.249 e. The molecule has 0 saturated carbocycles. The molecule has 3 amide bonds. The van der Waals surface area contributed by atoms with Crippen molar-refractivity contribution in [1.29, 1.82) is 0 Å². The second-order valence-corrected chi connectivity index (χ2v) is 3.64. The summed E-state index contributed by atoms with van der Waals surface area (Å²) in [6, 6.07) is -1.37. The first kappa shape index (κ1) is 12.4. The molecule has 0 aromatic carbocycles. The lowest BCUT2D eigenvalue weighted by Gasteiger charge is -2.23. The fourth-order valence-corrected chi connectivity index (χ4v) is 1.40. The Bertz CT molecular complexity index is 327. The van der Waals surface area contributed by atoms with E-state index in [1.807, 2.05) is 0 Å². The fraction of sp³-hybridized carbons (Fsp3) is 0.500. The molecule has 0 spiro atoms. The normalized spacial score (nSPS) is 22.2. The minimum absolute atomic E-state index is 0.230. The molecule has 0 bridgehead atoms. The molecule has 0 aromatic rings. The average Bonchev–Trinajstić information content (AvgIpc) is 2.22. The van der Waals surface area contributed by atoms with Crippen molar-refractivity contribution in [2.45, 2.75) is 31.3 Å². The second-order valence-electron chi connectivity index (χ2n) is 3.64. The van der Waals surface area contributed by atoms with Gasteiger partial charge in [-0.3, -0.25) is 19.7 Å². The van der Waals surface area contributed by atoms with E-state index in [0.717, 1.165) is 0 Å². The highest BCUT2D eigenvalue weighted by molar-refractivity contribution is 6.01. The van der Waals surface area contributed by atoms with Crippen LogP contribution in [0.2, 0.25) is 0 Å². The van der Waals surface area contributed by atoms with Gasteiger partial charge in [-0.1, -0.05) is 6.08 Å². The number of hydrogen-bond acceptors (Lipinski definition) is 4. The Hall–Kier alpha value is -1.69. The van der Waals surface area contributed by atoms with Crippen LogP contribution >= 0.6 is 0 Å². The Morgan fingerprint density at radius 1 is 1.69 bits per heavy atom. The van der Waals surface area contributed by atoms with Crippen molar-refractivity contribution in [1.82, 2.24) is 10.6 Å². The molecule has 1 aliphatic heterocycles. The first-order valence-corrected chi connectivity index (χ1v) is 5.05. The van der Waals surface area contributed by atoms with Crippen molar-refractivity contribution >= 4 is 17.7 Å². The number of carbonyl (C=O) groups is 3. The lowest BCUT2D eigenvalue weighted by molar-refractivity contribution is -0.137.